The van der Waals surface area contributed by atoms with Crippen LogP contribution in [0.3, 0.4) is 0 Å². The Kier molecular flexibility index (Phi) is 5.06. The third kappa shape index (κ3) is 3.36. The molecule has 0 heterocycles. The van der Waals surface area contributed by atoms with Gasteiger partial charge in [-0.25, -0.2) is 0 Å². The van der Waals surface area contributed by atoms with Crippen LogP contribution in [0.5, 0.6) is 0 Å². The van der Waals surface area contributed by atoms with Gasteiger partial charge in [-0.2, -0.15) is 0 Å². The van der Waals surface area contributed by atoms with Crippen LogP contribution in [0.2, 0.25) is 10.0 Å². The highest BCUT2D eigenvalue weighted by molar-refractivity contribution is 6.36. The van der Waals surface area contributed by atoms with Crippen molar-refractivity contribution in [1.82, 2.24) is 0 Å². The van der Waals surface area contributed by atoms with Crippen LogP contribution in [0.25, 0.3) is 0 Å². The summed E-state index contributed by atoms with van der Waals surface area (Å²) in [4.78, 5) is 0. The molecule has 0 aliphatic rings. The van der Waals surface area contributed by atoms with E-state index in [1.165, 1.54) is 0 Å². The molecule has 90 valence electrons. The lowest BCUT2D eigenvalue weighted by Crippen LogP contribution is -2.40. The predicted molar refractivity (Wildman–Crippen MR) is 69.1 cm³/mol. The van der Waals surface area contributed by atoms with Crippen LogP contribution in [0, 0.1) is 0 Å². The summed E-state index contributed by atoms with van der Waals surface area (Å²) < 4.78 is 0. The van der Waals surface area contributed by atoms with Gasteiger partial charge >= 0.3 is 0 Å². The van der Waals surface area contributed by atoms with E-state index in [4.69, 9.17) is 28.9 Å². The van der Waals surface area contributed by atoms with Crippen LogP contribution in [0.1, 0.15) is 25.3 Å². The number of benzene rings is 1. The molecule has 2 nitrogen and oxygen atoms in total. The monoisotopic (exact) mass is 261 g/mol. The van der Waals surface area contributed by atoms with E-state index in [0.717, 1.165) is 12.0 Å². The molecule has 1 unspecified atom stereocenters. The Morgan fingerprint density at radius 3 is 2.31 bits per heavy atom. The molecule has 0 amide bonds. The molecule has 1 rings (SSSR count). The molecular weight excluding hydrogens is 245 g/mol. The second-order valence-electron chi connectivity index (χ2n) is 4.06. The normalized spacial score (nSPS) is 14.8. The van der Waals surface area contributed by atoms with Crippen molar-refractivity contribution < 1.29 is 5.11 Å². The molecule has 0 radical (unpaired) electrons. The van der Waals surface area contributed by atoms with Crippen LogP contribution >= 0.6 is 23.2 Å². The molecule has 0 saturated heterocycles. The molecule has 16 heavy (non-hydrogen) atoms. The van der Waals surface area contributed by atoms with Gasteiger partial charge in [0.1, 0.15) is 0 Å². The number of aliphatic hydroxyl groups is 1. The molecule has 4 heteroatoms. The molecule has 0 saturated carbocycles. The minimum Gasteiger partial charge on any atom is -0.388 e. The third-order valence-corrected chi connectivity index (χ3v) is 3.37. The van der Waals surface area contributed by atoms with Crippen molar-refractivity contribution in [3.8, 4) is 0 Å². The first-order chi connectivity index (χ1) is 7.52. The number of halogens is 2. The maximum Gasteiger partial charge on any atom is 0.0810 e. The van der Waals surface area contributed by atoms with Crippen molar-refractivity contribution >= 4 is 23.2 Å². The first-order valence-corrected chi connectivity index (χ1v) is 6.13. The van der Waals surface area contributed by atoms with Crippen molar-refractivity contribution in [2.75, 3.05) is 6.54 Å². The van der Waals surface area contributed by atoms with E-state index >= 15 is 0 Å². The molecule has 1 aromatic carbocycles. The summed E-state index contributed by atoms with van der Waals surface area (Å²) >= 11 is 12.1. The molecule has 1 atom stereocenters. The van der Waals surface area contributed by atoms with E-state index in [1.54, 1.807) is 18.2 Å². The van der Waals surface area contributed by atoms with Gasteiger partial charge in [0.25, 0.3) is 0 Å². The molecular formula is C12H17Cl2NO. The second-order valence-corrected chi connectivity index (χ2v) is 4.87. The highest BCUT2D eigenvalue weighted by Gasteiger charge is 2.26. The third-order valence-electron chi connectivity index (χ3n) is 2.66. The minimum absolute atomic E-state index is 0.211. The Morgan fingerprint density at radius 1 is 1.31 bits per heavy atom. The van der Waals surface area contributed by atoms with E-state index in [1.807, 2.05) is 6.92 Å². The smallest absolute Gasteiger partial charge is 0.0810 e. The second kappa shape index (κ2) is 5.87. The maximum atomic E-state index is 10.3. The molecule has 0 bridgehead atoms. The first kappa shape index (κ1) is 13.8. The van der Waals surface area contributed by atoms with Crippen LogP contribution in [0.15, 0.2) is 18.2 Å². The van der Waals surface area contributed by atoms with E-state index in [0.29, 0.717) is 22.9 Å². The SMILES string of the molecule is CCCC(O)(CN)Cc1c(Cl)cccc1Cl. The number of nitrogens with two attached hydrogens (primary N) is 1. The Labute approximate surface area is 106 Å². The van der Waals surface area contributed by atoms with Gasteiger partial charge in [0, 0.05) is 23.0 Å². The fourth-order valence-corrected chi connectivity index (χ4v) is 2.29. The molecule has 0 aliphatic heterocycles. The van der Waals surface area contributed by atoms with Gasteiger partial charge in [-0.3, -0.25) is 0 Å². The Morgan fingerprint density at radius 2 is 1.88 bits per heavy atom. The predicted octanol–water partition coefficient (Wildman–Crippen LogP) is 3.03. The van der Waals surface area contributed by atoms with Crippen molar-refractivity contribution in [2.24, 2.45) is 5.73 Å². The van der Waals surface area contributed by atoms with E-state index in [9.17, 15) is 5.11 Å². The summed E-state index contributed by atoms with van der Waals surface area (Å²) in [6.45, 7) is 2.22. The average Bonchev–Trinajstić information content (AvgIpc) is 2.24. The highest BCUT2D eigenvalue weighted by Crippen LogP contribution is 2.29. The number of hydrogen-bond donors (Lipinski definition) is 2. The van der Waals surface area contributed by atoms with Crippen LogP contribution < -0.4 is 5.73 Å². The van der Waals surface area contributed by atoms with Gasteiger partial charge in [0.15, 0.2) is 0 Å². The molecule has 3 N–H and O–H groups in total. The van der Waals surface area contributed by atoms with Crippen LogP contribution in [-0.4, -0.2) is 17.3 Å². The zero-order valence-corrected chi connectivity index (χ0v) is 10.9. The van der Waals surface area contributed by atoms with Crippen LogP contribution in [0.4, 0.5) is 0 Å². The summed E-state index contributed by atoms with van der Waals surface area (Å²) in [5.74, 6) is 0. The summed E-state index contributed by atoms with van der Waals surface area (Å²) in [6, 6.07) is 5.33. The highest BCUT2D eigenvalue weighted by atomic mass is 35.5. The minimum atomic E-state index is -0.913. The standard InChI is InChI=1S/C12H17Cl2NO/c1-2-6-12(16,8-15)7-9-10(13)4-3-5-11(9)14/h3-5,16H,2,6-8,15H2,1H3. The lowest BCUT2D eigenvalue weighted by molar-refractivity contribution is 0.0399. The van der Waals surface area contributed by atoms with Gasteiger partial charge in [-0.05, 0) is 24.1 Å². The summed E-state index contributed by atoms with van der Waals surface area (Å²) in [5, 5.41) is 11.4. The number of rotatable bonds is 5. The van der Waals surface area contributed by atoms with Gasteiger partial charge < -0.3 is 10.8 Å². The largest absolute Gasteiger partial charge is 0.388 e. The van der Waals surface area contributed by atoms with Crippen molar-refractivity contribution in [3.63, 3.8) is 0 Å². The fraction of sp³-hybridized carbons (Fsp3) is 0.500. The van der Waals surface area contributed by atoms with E-state index < -0.39 is 5.60 Å². The molecule has 1 aromatic rings. The van der Waals surface area contributed by atoms with Crippen LogP contribution in [-0.2, 0) is 6.42 Å². The Bertz CT molecular complexity index is 337. The van der Waals surface area contributed by atoms with Gasteiger partial charge in [-0.15, -0.1) is 0 Å². The topological polar surface area (TPSA) is 46.2 Å². The summed E-state index contributed by atoms with van der Waals surface area (Å²) in [5.41, 5.74) is 5.46. The van der Waals surface area contributed by atoms with Gasteiger partial charge in [-0.1, -0.05) is 42.6 Å². The Hall–Kier alpha value is -0.280. The molecule has 0 fully saturated rings. The van der Waals surface area contributed by atoms with Gasteiger partial charge in [0.05, 0.1) is 5.60 Å². The average molecular weight is 262 g/mol. The quantitative estimate of drug-likeness (QED) is 0.856. The van der Waals surface area contributed by atoms with Crippen molar-refractivity contribution in [3.05, 3.63) is 33.8 Å². The zero-order chi connectivity index (χ0) is 12.2. The van der Waals surface area contributed by atoms with E-state index in [-0.39, 0.29) is 6.54 Å². The Balaban J connectivity index is 2.94. The summed E-state index contributed by atoms with van der Waals surface area (Å²) in [6.07, 6.45) is 1.91. The molecule has 0 aromatic heterocycles. The van der Waals surface area contributed by atoms with Gasteiger partial charge in [0.2, 0.25) is 0 Å². The lowest BCUT2D eigenvalue weighted by atomic mass is 9.90. The lowest BCUT2D eigenvalue weighted by Gasteiger charge is -2.27. The number of hydrogen-bond acceptors (Lipinski definition) is 2. The van der Waals surface area contributed by atoms with E-state index in [2.05, 4.69) is 0 Å². The first-order valence-electron chi connectivity index (χ1n) is 5.38. The summed E-state index contributed by atoms with van der Waals surface area (Å²) in [7, 11) is 0. The fourth-order valence-electron chi connectivity index (χ4n) is 1.76. The maximum absolute atomic E-state index is 10.3. The van der Waals surface area contributed by atoms with Crippen molar-refractivity contribution in [1.29, 1.82) is 0 Å². The van der Waals surface area contributed by atoms with Crippen molar-refractivity contribution in [2.45, 2.75) is 31.8 Å². The zero-order valence-electron chi connectivity index (χ0n) is 9.34. The molecule has 0 aliphatic carbocycles. The molecule has 0 spiro atoms.